The van der Waals surface area contributed by atoms with Gasteiger partial charge in [0.25, 0.3) is 6.92 Å². The molecule has 0 saturated heterocycles. The van der Waals surface area contributed by atoms with Gasteiger partial charge in [0.2, 0.25) is 0 Å². The predicted octanol–water partition coefficient (Wildman–Crippen LogP) is 5.69. The zero-order chi connectivity index (χ0) is 13.5. The molecule has 0 radical (unpaired) electrons. The van der Waals surface area contributed by atoms with Crippen molar-refractivity contribution in [3.8, 4) is 0 Å². The largest absolute Gasteiger partial charge is 0.450 e. The van der Waals surface area contributed by atoms with Gasteiger partial charge in [0.15, 0.2) is 0 Å². The Morgan fingerprint density at radius 2 is 0.889 bits per heavy atom. The number of hydrogen-bond acceptors (Lipinski definition) is 1. The first-order valence-corrected chi connectivity index (χ1v) is 8.49. The van der Waals surface area contributed by atoms with Crippen LogP contribution in [0.2, 0.25) is 12.6 Å². The molecule has 0 aliphatic rings. The summed E-state index contributed by atoms with van der Waals surface area (Å²) in [5.41, 5.74) is 0. The van der Waals surface area contributed by atoms with E-state index in [0.29, 0.717) is 0 Å². The molecular weight excluding hydrogens is 219 g/mol. The molecule has 1 nitrogen and oxygen atoms in total. The highest BCUT2D eigenvalue weighted by atomic mass is 16.2. The summed E-state index contributed by atoms with van der Waals surface area (Å²) < 4.78 is 0. The van der Waals surface area contributed by atoms with Crippen LogP contribution in [0.25, 0.3) is 0 Å². The lowest BCUT2D eigenvalue weighted by atomic mass is 9.60. The van der Waals surface area contributed by atoms with Crippen molar-refractivity contribution in [2.45, 2.75) is 104 Å². The van der Waals surface area contributed by atoms with Gasteiger partial charge in [-0.2, -0.15) is 0 Å². The van der Waals surface area contributed by atoms with E-state index in [1.54, 1.807) is 0 Å². The van der Waals surface area contributed by atoms with Gasteiger partial charge in [-0.15, -0.1) is 0 Å². The van der Waals surface area contributed by atoms with Crippen LogP contribution in [0.1, 0.15) is 90.9 Å². The Bertz CT molecular complexity index is 134. The lowest BCUT2D eigenvalue weighted by Crippen LogP contribution is -2.10. The fourth-order valence-electron chi connectivity index (χ4n) is 2.46. The van der Waals surface area contributed by atoms with Crippen molar-refractivity contribution in [1.29, 1.82) is 0 Å². The average molecular weight is 254 g/mol. The third-order valence-electron chi connectivity index (χ3n) is 3.78. The Kier molecular flexibility index (Phi) is 15.1. The van der Waals surface area contributed by atoms with Crippen LogP contribution in [0.5, 0.6) is 0 Å². The quantitative estimate of drug-likeness (QED) is 0.312. The van der Waals surface area contributed by atoms with E-state index in [0.717, 1.165) is 12.6 Å². The van der Waals surface area contributed by atoms with Crippen LogP contribution in [-0.4, -0.2) is 11.9 Å². The fourth-order valence-corrected chi connectivity index (χ4v) is 2.46. The van der Waals surface area contributed by atoms with Crippen LogP contribution in [0.4, 0.5) is 0 Å². The minimum absolute atomic E-state index is 0.0256. The highest BCUT2D eigenvalue weighted by Gasteiger charge is 2.09. The van der Waals surface area contributed by atoms with Crippen LogP contribution in [0, 0.1) is 0 Å². The molecule has 0 aromatic rings. The molecule has 108 valence electrons. The summed E-state index contributed by atoms with van der Waals surface area (Å²) in [6.45, 7) is 4.48. The molecule has 0 bridgehead atoms. The highest BCUT2D eigenvalue weighted by molar-refractivity contribution is 6.50. The van der Waals surface area contributed by atoms with E-state index in [2.05, 4.69) is 13.8 Å². The lowest BCUT2D eigenvalue weighted by molar-refractivity contribution is 0.540. The Labute approximate surface area is 116 Å². The minimum atomic E-state index is -0.0256. The summed E-state index contributed by atoms with van der Waals surface area (Å²) in [6, 6.07) is 0. The van der Waals surface area contributed by atoms with Crippen molar-refractivity contribution in [2.24, 2.45) is 0 Å². The van der Waals surface area contributed by atoms with E-state index in [-0.39, 0.29) is 6.92 Å². The topological polar surface area (TPSA) is 20.2 Å². The molecular formula is C16H35BO. The highest BCUT2D eigenvalue weighted by Crippen LogP contribution is 2.13. The van der Waals surface area contributed by atoms with Gasteiger partial charge in [-0.05, 0) is 12.6 Å². The number of hydrogen-bond donors (Lipinski definition) is 1. The van der Waals surface area contributed by atoms with Gasteiger partial charge >= 0.3 is 0 Å². The molecule has 0 atom stereocenters. The van der Waals surface area contributed by atoms with E-state index in [9.17, 15) is 5.02 Å². The Balaban J connectivity index is 3.10. The van der Waals surface area contributed by atoms with Gasteiger partial charge in [0.05, 0.1) is 0 Å². The van der Waals surface area contributed by atoms with Gasteiger partial charge < -0.3 is 5.02 Å². The van der Waals surface area contributed by atoms with Crippen molar-refractivity contribution in [1.82, 2.24) is 0 Å². The molecule has 0 unspecified atom stereocenters. The van der Waals surface area contributed by atoms with Crippen LogP contribution < -0.4 is 0 Å². The standard InChI is InChI=1S/C16H35BO/c1-3-5-7-9-11-13-15-17(18)16-14-12-10-8-6-4-2/h18H,3-16H2,1-2H3. The van der Waals surface area contributed by atoms with Crippen molar-refractivity contribution in [3.63, 3.8) is 0 Å². The molecule has 0 heterocycles. The smallest absolute Gasteiger partial charge is 0.288 e. The van der Waals surface area contributed by atoms with Crippen molar-refractivity contribution in [2.75, 3.05) is 0 Å². The Morgan fingerprint density at radius 1 is 0.556 bits per heavy atom. The zero-order valence-corrected chi connectivity index (χ0v) is 12.9. The maximum absolute atomic E-state index is 9.85. The van der Waals surface area contributed by atoms with E-state index < -0.39 is 0 Å². The first kappa shape index (κ1) is 18.0. The minimum Gasteiger partial charge on any atom is -0.450 e. The van der Waals surface area contributed by atoms with E-state index >= 15 is 0 Å². The monoisotopic (exact) mass is 254 g/mol. The summed E-state index contributed by atoms with van der Waals surface area (Å²) in [5.74, 6) is 0. The normalized spacial score (nSPS) is 10.8. The van der Waals surface area contributed by atoms with Gasteiger partial charge in [-0.25, -0.2) is 0 Å². The second-order valence-corrected chi connectivity index (χ2v) is 5.77. The third kappa shape index (κ3) is 14.1. The van der Waals surface area contributed by atoms with Crippen LogP contribution in [0.3, 0.4) is 0 Å². The van der Waals surface area contributed by atoms with Crippen LogP contribution >= 0.6 is 0 Å². The van der Waals surface area contributed by atoms with Crippen molar-refractivity contribution < 1.29 is 5.02 Å². The van der Waals surface area contributed by atoms with Gasteiger partial charge in [-0.3, -0.25) is 0 Å². The molecule has 0 spiro atoms. The summed E-state index contributed by atoms with van der Waals surface area (Å²) in [5, 5.41) is 9.85. The van der Waals surface area contributed by atoms with Gasteiger partial charge in [0, 0.05) is 0 Å². The molecule has 0 aromatic carbocycles. The molecule has 0 fully saturated rings. The average Bonchev–Trinajstić information content (AvgIpc) is 2.38. The Hall–Kier alpha value is 0.0249. The SMILES string of the molecule is CCCCCCCCB(O)CCCCCCCC. The summed E-state index contributed by atoms with van der Waals surface area (Å²) >= 11 is 0. The number of rotatable bonds is 14. The second-order valence-electron chi connectivity index (χ2n) is 5.77. The van der Waals surface area contributed by atoms with Crippen molar-refractivity contribution in [3.05, 3.63) is 0 Å². The van der Waals surface area contributed by atoms with Gasteiger partial charge in [0.1, 0.15) is 0 Å². The summed E-state index contributed by atoms with van der Waals surface area (Å²) in [7, 11) is 0. The molecule has 1 N–H and O–H groups in total. The maximum Gasteiger partial charge on any atom is 0.288 e. The predicted molar refractivity (Wildman–Crippen MR) is 84.3 cm³/mol. The molecule has 18 heavy (non-hydrogen) atoms. The molecule has 0 aromatic heterocycles. The first-order chi connectivity index (χ1) is 8.81. The summed E-state index contributed by atoms with van der Waals surface area (Å²) in [6.07, 6.45) is 18.0. The second kappa shape index (κ2) is 15.1. The number of unbranched alkanes of at least 4 members (excludes halogenated alkanes) is 10. The first-order valence-electron chi connectivity index (χ1n) is 8.49. The van der Waals surface area contributed by atoms with E-state index in [4.69, 9.17) is 0 Å². The fraction of sp³-hybridized carbons (Fsp3) is 1.00. The summed E-state index contributed by atoms with van der Waals surface area (Å²) in [4.78, 5) is 0. The maximum atomic E-state index is 9.85. The van der Waals surface area contributed by atoms with Crippen molar-refractivity contribution >= 4 is 6.92 Å². The van der Waals surface area contributed by atoms with Crippen LogP contribution in [0.15, 0.2) is 0 Å². The van der Waals surface area contributed by atoms with E-state index in [1.807, 2.05) is 0 Å². The molecule has 0 aliphatic carbocycles. The molecule has 0 rings (SSSR count). The molecule has 0 saturated carbocycles. The van der Waals surface area contributed by atoms with E-state index in [1.165, 1.54) is 77.0 Å². The molecule has 2 heteroatoms. The third-order valence-corrected chi connectivity index (χ3v) is 3.78. The molecule has 0 amide bonds. The lowest BCUT2D eigenvalue weighted by Gasteiger charge is -2.06. The molecule has 0 aliphatic heterocycles. The zero-order valence-electron chi connectivity index (χ0n) is 12.9. The van der Waals surface area contributed by atoms with Crippen LogP contribution in [-0.2, 0) is 0 Å². The van der Waals surface area contributed by atoms with Gasteiger partial charge in [-0.1, -0.05) is 90.9 Å². The Morgan fingerprint density at radius 3 is 1.28 bits per heavy atom.